The van der Waals surface area contributed by atoms with Crippen LogP contribution < -0.4 is 0 Å². The van der Waals surface area contributed by atoms with E-state index in [9.17, 15) is 0 Å². The van der Waals surface area contributed by atoms with Gasteiger partial charge in [-0.3, -0.25) is 0 Å². The summed E-state index contributed by atoms with van der Waals surface area (Å²) in [5.41, 5.74) is 2.16. The van der Waals surface area contributed by atoms with Gasteiger partial charge < -0.3 is 0 Å². The number of aryl methyl sites for hydroxylation is 1. The minimum atomic E-state index is 0.703. The van der Waals surface area contributed by atoms with E-state index in [4.69, 9.17) is 11.6 Å². The molecule has 11 heavy (non-hydrogen) atoms. The Morgan fingerprint density at radius 3 is 3.18 bits per heavy atom. The van der Waals surface area contributed by atoms with Crippen LogP contribution in [-0.2, 0) is 0 Å². The van der Waals surface area contributed by atoms with Gasteiger partial charge in [0.2, 0.25) is 0 Å². The molecular weight excluding hydrogens is 160 g/mol. The normalized spacial score (nSPS) is 10.7. The minimum Gasteiger partial charge on any atom is -0.239 e. The Bertz CT molecular complexity index is 392. The van der Waals surface area contributed by atoms with Gasteiger partial charge in [-0.05, 0) is 24.6 Å². The van der Waals surface area contributed by atoms with Gasteiger partial charge in [0.1, 0.15) is 0 Å². The van der Waals surface area contributed by atoms with Crippen LogP contribution in [0, 0.1) is 6.92 Å². The van der Waals surface area contributed by atoms with E-state index < -0.39 is 0 Å². The Morgan fingerprint density at radius 2 is 2.36 bits per heavy atom. The largest absolute Gasteiger partial charge is 0.239 e. The molecule has 0 amide bonds. The van der Waals surface area contributed by atoms with Crippen LogP contribution in [0.5, 0.6) is 0 Å². The molecule has 0 aliphatic rings. The van der Waals surface area contributed by atoms with Crippen molar-refractivity contribution in [3.8, 4) is 0 Å². The highest BCUT2D eigenvalue weighted by Crippen LogP contribution is 2.16. The average Bonchev–Trinajstić information content (AvgIpc) is 2.33. The average molecular weight is 167 g/mol. The number of hydrogen-bond donors (Lipinski definition) is 0. The summed E-state index contributed by atoms with van der Waals surface area (Å²) in [7, 11) is 0. The van der Waals surface area contributed by atoms with Crippen molar-refractivity contribution < 1.29 is 0 Å². The lowest BCUT2D eigenvalue weighted by molar-refractivity contribution is 0.958. The van der Waals surface area contributed by atoms with Crippen molar-refractivity contribution >= 4 is 17.1 Å². The molecule has 56 valence electrons. The Labute approximate surface area is 69.4 Å². The van der Waals surface area contributed by atoms with Crippen molar-refractivity contribution in [1.29, 1.82) is 0 Å². The zero-order valence-corrected chi connectivity index (χ0v) is 6.84. The Balaban J connectivity index is 2.87. The van der Waals surface area contributed by atoms with Crippen LogP contribution >= 0.6 is 11.6 Å². The summed E-state index contributed by atoms with van der Waals surface area (Å²) in [6.07, 6.45) is 3.55. The number of fused-ring (bicyclic) bond motifs is 1. The summed E-state index contributed by atoms with van der Waals surface area (Å²) in [4.78, 5) is 0. The number of rotatable bonds is 0. The van der Waals surface area contributed by atoms with E-state index in [-0.39, 0.29) is 0 Å². The van der Waals surface area contributed by atoms with Gasteiger partial charge in [-0.25, -0.2) is 4.52 Å². The third-order valence-corrected chi connectivity index (χ3v) is 1.92. The van der Waals surface area contributed by atoms with Crippen molar-refractivity contribution in [2.24, 2.45) is 0 Å². The van der Waals surface area contributed by atoms with Gasteiger partial charge in [0.25, 0.3) is 0 Å². The van der Waals surface area contributed by atoms with Crippen LogP contribution in [-0.4, -0.2) is 9.61 Å². The van der Waals surface area contributed by atoms with E-state index >= 15 is 0 Å². The van der Waals surface area contributed by atoms with Crippen molar-refractivity contribution in [2.75, 3.05) is 0 Å². The second-order valence-corrected chi connectivity index (χ2v) is 2.93. The highest BCUT2D eigenvalue weighted by molar-refractivity contribution is 6.33. The van der Waals surface area contributed by atoms with Crippen molar-refractivity contribution in [1.82, 2.24) is 9.61 Å². The zero-order chi connectivity index (χ0) is 7.84. The molecule has 2 aromatic rings. The SMILES string of the molecule is Cc1ccn2ncc(Cl)c2c1. The molecule has 0 spiro atoms. The second kappa shape index (κ2) is 2.24. The first-order valence-corrected chi connectivity index (χ1v) is 3.74. The number of halogens is 1. The lowest BCUT2D eigenvalue weighted by atomic mass is 10.3. The van der Waals surface area contributed by atoms with Crippen molar-refractivity contribution in [2.45, 2.75) is 6.92 Å². The molecule has 0 radical (unpaired) electrons. The lowest BCUT2D eigenvalue weighted by Gasteiger charge is -1.93. The summed E-state index contributed by atoms with van der Waals surface area (Å²) in [6, 6.07) is 4.01. The third kappa shape index (κ3) is 0.994. The quantitative estimate of drug-likeness (QED) is 0.587. The van der Waals surface area contributed by atoms with E-state index in [0.717, 1.165) is 5.52 Å². The molecule has 0 saturated carbocycles. The summed E-state index contributed by atoms with van der Waals surface area (Å²) >= 11 is 5.86. The predicted octanol–water partition coefficient (Wildman–Crippen LogP) is 2.30. The summed E-state index contributed by atoms with van der Waals surface area (Å²) in [6.45, 7) is 2.03. The van der Waals surface area contributed by atoms with Gasteiger partial charge in [-0.1, -0.05) is 11.6 Å². The number of hydrogen-bond acceptors (Lipinski definition) is 1. The molecule has 3 heteroatoms. The summed E-state index contributed by atoms with van der Waals surface area (Å²) in [5.74, 6) is 0. The molecular formula is C8H7ClN2. The van der Waals surface area contributed by atoms with Gasteiger partial charge in [-0.2, -0.15) is 5.10 Å². The molecule has 2 aromatic heterocycles. The van der Waals surface area contributed by atoms with E-state index in [2.05, 4.69) is 5.10 Å². The van der Waals surface area contributed by atoms with Crippen molar-refractivity contribution in [3.63, 3.8) is 0 Å². The number of nitrogens with zero attached hydrogens (tertiary/aromatic N) is 2. The second-order valence-electron chi connectivity index (χ2n) is 2.53. The Hall–Kier alpha value is -1.02. The van der Waals surface area contributed by atoms with Crippen LogP contribution in [0.3, 0.4) is 0 Å². The Morgan fingerprint density at radius 1 is 1.55 bits per heavy atom. The topological polar surface area (TPSA) is 17.3 Å². The highest BCUT2D eigenvalue weighted by Gasteiger charge is 1.98. The fraction of sp³-hybridized carbons (Fsp3) is 0.125. The molecule has 0 aromatic carbocycles. The van der Waals surface area contributed by atoms with Crippen LogP contribution in [0.1, 0.15) is 5.56 Å². The molecule has 0 N–H and O–H groups in total. The predicted molar refractivity (Wildman–Crippen MR) is 44.9 cm³/mol. The Kier molecular flexibility index (Phi) is 1.36. The maximum absolute atomic E-state index is 5.86. The molecule has 2 heterocycles. The monoisotopic (exact) mass is 166 g/mol. The fourth-order valence-corrected chi connectivity index (χ4v) is 1.24. The fourth-order valence-electron chi connectivity index (χ4n) is 1.06. The van der Waals surface area contributed by atoms with Crippen LogP contribution in [0.25, 0.3) is 5.52 Å². The van der Waals surface area contributed by atoms with Gasteiger partial charge in [0, 0.05) is 6.20 Å². The van der Waals surface area contributed by atoms with Gasteiger partial charge in [-0.15, -0.1) is 0 Å². The number of pyridine rings is 1. The van der Waals surface area contributed by atoms with Crippen molar-refractivity contribution in [3.05, 3.63) is 35.1 Å². The maximum atomic E-state index is 5.86. The molecule has 0 fully saturated rings. The molecule has 0 aliphatic heterocycles. The molecule has 2 rings (SSSR count). The van der Waals surface area contributed by atoms with Crippen LogP contribution in [0.4, 0.5) is 0 Å². The van der Waals surface area contributed by atoms with Gasteiger partial charge in [0.05, 0.1) is 16.7 Å². The standard InChI is InChI=1S/C8H7ClN2/c1-6-2-3-11-8(4-6)7(9)5-10-11/h2-5H,1H3. The van der Waals surface area contributed by atoms with Gasteiger partial charge >= 0.3 is 0 Å². The first-order chi connectivity index (χ1) is 5.27. The lowest BCUT2D eigenvalue weighted by Crippen LogP contribution is -1.85. The minimum absolute atomic E-state index is 0.703. The van der Waals surface area contributed by atoms with E-state index in [1.807, 2.05) is 25.3 Å². The van der Waals surface area contributed by atoms with Gasteiger partial charge in [0.15, 0.2) is 0 Å². The van der Waals surface area contributed by atoms with Crippen LogP contribution in [0.2, 0.25) is 5.02 Å². The maximum Gasteiger partial charge on any atom is 0.0864 e. The molecule has 0 aliphatic carbocycles. The number of aromatic nitrogens is 2. The molecule has 0 unspecified atom stereocenters. The first kappa shape index (κ1) is 6.68. The van der Waals surface area contributed by atoms with E-state index in [1.165, 1.54) is 5.56 Å². The summed E-state index contributed by atoms with van der Waals surface area (Å²) < 4.78 is 1.76. The zero-order valence-electron chi connectivity index (χ0n) is 6.08. The highest BCUT2D eigenvalue weighted by atomic mass is 35.5. The van der Waals surface area contributed by atoms with E-state index in [1.54, 1.807) is 10.7 Å². The first-order valence-electron chi connectivity index (χ1n) is 3.37. The smallest absolute Gasteiger partial charge is 0.0864 e. The molecule has 0 saturated heterocycles. The van der Waals surface area contributed by atoms with Crippen LogP contribution in [0.15, 0.2) is 24.5 Å². The molecule has 2 nitrogen and oxygen atoms in total. The molecule has 0 atom stereocenters. The van der Waals surface area contributed by atoms with E-state index in [0.29, 0.717) is 5.02 Å². The third-order valence-electron chi connectivity index (χ3n) is 1.63. The molecule has 0 bridgehead atoms. The summed E-state index contributed by atoms with van der Waals surface area (Å²) in [5, 5.41) is 4.75.